The molecule has 19 heavy (non-hydrogen) atoms. The number of methoxy groups -OCH3 is 1. The molecule has 5 heteroatoms. The maximum Gasteiger partial charge on any atom is 0.304 e. The van der Waals surface area contributed by atoms with Gasteiger partial charge in [0.25, 0.3) is 0 Å². The highest BCUT2D eigenvalue weighted by Crippen LogP contribution is 2.21. The Bertz CT molecular complexity index is 435. The van der Waals surface area contributed by atoms with Gasteiger partial charge in [0.05, 0.1) is 13.5 Å². The maximum absolute atomic E-state index is 14.0. The van der Waals surface area contributed by atoms with Crippen LogP contribution >= 0.6 is 0 Å². The number of carbonyl (C=O) groups is 1. The summed E-state index contributed by atoms with van der Waals surface area (Å²) >= 11 is 0. The number of ether oxygens (including phenoxy) is 1. The van der Waals surface area contributed by atoms with Gasteiger partial charge in [0, 0.05) is 24.7 Å². The highest BCUT2D eigenvalue weighted by atomic mass is 19.1. The third-order valence-corrected chi connectivity index (χ3v) is 2.98. The lowest BCUT2D eigenvalue weighted by atomic mass is 10.1. The van der Waals surface area contributed by atoms with Crippen LogP contribution in [0.2, 0.25) is 0 Å². The Morgan fingerprint density at radius 2 is 2.16 bits per heavy atom. The van der Waals surface area contributed by atoms with Crippen LogP contribution in [0.15, 0.2) is 18.2 Å². The minimum atomic E-state index is -0.850. The molecule has 0 radical (unpaired) electrons. The molecule has 1 N–H and O–H groups in total. The summed E-state index contributed by atoms with van der Waals surface area (Å²) in [4.78, 5) is 12.5. The Kier molecular flexibility index (Phi) is 5.76. The number of benzene rings is 1. The van der Waals surface area contributed by atoms with Crippen LogP contribution in [-0.2, 0) is 11.3 Å². The van der Waals surface area contributed by atoms with Gasteiger partial charge in [-0.05, 0) is 19.9 Å². The second-order valence-electron chi connectivity index (χ2n) is 4.64. The molecule has 0 unspecified atom stereocenters. The van der Waals surface area contributed by atoms with Crippen LogP contribution in [0.25, 0.3) is 0 Å². The average molecular weight is 269 g/mol. The molecule has 0 amide bonds. The van der Waals surface area contributed by atoms with E-state index in [-0.39, 0.29) is 24.0 Å². The van der Waals surface area contributed by atoms with E-state index >= 15 is 0 Å². The van der Waals surface area contributed by atoms with Gasteiger partial charge in [-0.25, -0.2) is 4.39 Å². The number of rotatable bonds is 7. The minimum absolute atomic E-state index is 0.0454. The zero-order valence-corrected chi connectivity index (χ0v) is 11.5. The van der Waals surface area contributed by atoms with E-state index in [1.807, 2.05) is 18.7 Å². The van der Waals surface area contributed by atoms with E-state index in [1.165, 1.54) is 7.11 Å². The van der Waals surface area contributed by atoms with Crippen molar-refractivity contribution in [3.8, 4) is 5.75 Å². The molecule has 1 aromatic rings. The number of nitrogens with zero attached hydrogens (tertiary/aromatic N) is 1. The molecular weight excluding hydrogens is 249 g/mol. The van der Waals surface area contributed by atoms with Crippen LogP contribution in [0, 0.1) is 5.82 Å². The van der Waals surface area contributed by atoms with Crippen LogP contribution in [0.3, 0.4) is 0 Å². The summed E-state index contributed by atoms with van der Waals surface area (Å²) in [6.45, 7) is 4.68. The number of halogens is 1. The van der Waals surface area contributed by atoms with Crippen molar-refractivity contribution < 1.29 is 19.0 Å². The summed E-state index contributed by atoms with van der Waals surface area (Å²) in [7, 11) is 1.42. The maximum atomic E-state index is 14.0. The standard InChI is InChI=1S/C14H20FNO3/c1-10(2)16(8-7-13(17)18)9-11-5-4-6-12(19-3)14(11)15/h4-6,10H,7-9H2,1-3H3,(H,17,18). The van der Waals surface area contributed by atoms with Crippen molar-refractivity contribution in [2.24, 2.45) is 0 Å². The molecule has 0 saturated heterocycles. The molecule has 1 rings (SSSR count). The van der Waals surface area contributed by atoms with E-state index in [4.69, 9.17) is 9.84 Å². The summed E-state index contributed by atoms with van der Waals surface area (Å²) in [6, 6.07) is 5.13. The predicted molar refractivity (Wildman–Crippen MR) is 70.8 cm³/mol. The summed E-state index contributed by atoms with van der Waals surface area (Å²) in [5.41, 5.74) is 0.512. The molecule has 0 aliphatic carbocycles. The fourth-order valence-corrected chi connectivity index (χ4v) is 1.81. The Balaban J connectivity index is 2.81. The number of carboxylic acid groups (broad SMARTS) is 1. The van der Waals surface area contributed by atoms with E-state index in [2.05, 4.69) is 0 Å². The van der Waals surface area contributed by atoms with E-state index in [9.17, 15) is 9.18 Å². The molecule has 4 nitrogen and oxygen atoms in total. The monoisotopic (exact) mass is 269 g/mol. The average Bonchev–Trinajstić information content (AvgIpc) is 2.35. The van der Waals surface area contributed by atoms with E-state index in [1.54, 1.807) is 18.2 Å². The Labute approximate surface area is 112 Å². The first-order chi connectivity index (χ1) is 8.95. The first-order valence-electron chi connectivity index (χ1n) is 6.23. The smallest absolute Gasteiger partial charge is 0.304 e. The summed E-state index contributed by atoms with van der Waals surface area (Å²) in [6.07, 6.45) is 0.0454. The van der Waals surface area contributed by atoms with Crippen molar-refractivity contribution in [3.63, 3.8) is 0 Å². The molecule has 106 valence electrons. The highest BCUT2D eigenvalue weighted by molar-refractivity contribution is 5.66. The van der Waals surface area contributed by atoms with Gasteiger partial charge in [-0.1, -0.05) is 12.1 Å². The predicted octanol–water partition coefficient (Wildman–Crippen LogP) is 2.52. The lowest BCUT2D eigenvalue weighted by molar-refractivity contribution is -0.137. The topological polar surface area (TPSA) is 49.8 Å². The van der Waals surface area contributed by atoms with Crippen molar-refractivity contribution in [3.05, 3.63) is 29.6 Å². The third-order valence-electron chi connectivity index (χ3n) is 2.98. The molecule has 0 spiro atoms. The van der Waals surface area contributed by atoms with Gasteiger partial charge in [0.1, 0.15) is 0 Å². The fraction of sp³-hybridized carbons (Fsp3) is 0.500. The lowest BCUT2D eigenvalue weighted by Crippen LogP contribution is -2.32. The van der Waals surface area contributed by atoms with Gasteiger partial charge in [0.15, 0.2) is 11.6 Å². The van der Waals surface area contributed by atoms with E-state index in [0.29, 0.717) is 18.7 Å². The number of aliphatic carboxylic acids is 1. The summed E-state index contributed by atoms with van der Waals surface area (Å²) in [5, 5.41) is 8.73. The second-order valence-corrected chi connectivity index (χ2v) is 4.64. The van der Waals surface area contributed by atoms with Crippen LogP contribution in [0.4, 0.5) is 4.39 Å². The first kappa shape index (κ1) is 15.4. The molecule has 0 atom stereocenters. The van der Waals surface area contributed by atoms with Gasteiger partial charge in [0.2, 0.25) is 0 Å². The van der Waals surface area contributed by atoms with Crippen LogP contribution in [0.1, 0.15) is 25.8 Å². The molecule has 0 heterocycles. The van der Waals surface area contributed by atoms with Crippen molar-refractivity contribution in [2.45, 2.75) is 32.9 Å². The van der Waals surface area contributed by atoms with Crippen molar-refractivity contribution in [1.82, 2.24) is 4.90 Å². The fourth-order valence-electron chi connectivity index (χ4n) is 1.81. The molecule has 0 aliphatic heterocycles. The SMILES string of the molecule is COc1cccc(CN(CCC(=O)O)C(C)C)c1F. The molecular formula is C14H20FNO3. The van der Waals surface area contributed by atoms with Crippen molar-refractivity contribution in [1.29, 1.82) is 0 Å². The molecule has 0 bridgehead atoms. The number of hydrogen-bond acceptors (Lipinski definition) is 3. The Hall–Kier alpha value is -1.62. The molecule has 0 saturated carbocycles. The second kappa shape index (κ2) is 7.09. The van der Waals surface area contributed by atoms with Crippen LogP contribution < -0.4 is 4.74 Å². The third kappa shape index (κ3) is 4.52. The lowest BCUT2D eigenvalue weighted by Gasteiger charge is -2.26. The first-order valence-corrected chi connectivity index (χ1v) is 6.23. The summed E-state index contributed by atoms with van der Waals surface area (Å²) < 4.78 is 19.0. The van der Waals surface area contributed by atoms with E-state index in [0.717, 1.165) is 0 Å². The molecule has 0 aromatic heterocycles. The Morgan fingerprint density at radius 1 is 1.47 bits per heavy atom. The van der Waals surface area contributed by atoms with Gasteiger partial charge in [-0.15, -0.1) is 0 Å². The van der Waals surface area contributed by atoms with Crippen LogP contribution in [-0.4, -0.2) is 35.7 Å². The Morgan fingerprint density at radius 3 is 2.68 bits per heavy atom. The van der Waals surface area contributed by atoms with Gasteiger partial charge in [-0.2, -0.15) is 0 Å². The molecule has 1 aromatic carbocycles. The van der Waals surface area contributed by atoms with E-state index < -0.39 is 5.97 Å². The van der Waals surface area contributed by atoms with Gasteiger partial charge >= 0.3 is 5.97 Å². The summed E-state index contributed by atoms with van der Waals surface area (Å²) in [5.74, 6) is -1.03. The molecule has 0 fully saturated rings. The van der Waals surface area contributed by atoms with Gasteiger partial charge < -0.3 is 9.84 Å². The van der Waals surface area contributed by atoms with Crippen molar-refractivity contribution in [2.75, 3.05) is 13.7 Å². The van der Waals surface area contributed by atoms with Crippen molar-refractivity contribution >= 4 is 5.97 Å². The zero-order valence-electron chi connectivity index (χ0n) is 11.5. The highest BCUT2D eigenvalue weighted by Gasteiger charge is 2.15. The normalized spacial score (nSPS) is 11.1. The minimum Gasteiger partial charge on any atom is -0.494 e. The molecule has 0 aliphatic rings. The number of hydrogen-bond donors (Lipinski definition) is 1. The number of carboxylic acids is 1. The largest absolute Gasteiger partial charge is 0.494 e. The quantitative estimate of drug-likeness (QED) is 0.826. The van der Waals surface area contributed by atoms with Gasteiger partial charge in [-0.3, -0.25) is 9.69 Å². The zero-order chi connectivity index (χ0) is 14.4. The van der Waals surface area contributed by atoms with Crippen LogP contribution in [0.5, 0.6) is 5.75 Å².